The molecule has 3 aromatic rings. The fourth-order valence-electron chi connectivity index (χ4n) is 2.83. The molecule has 31 heavy (non-hydrogen) atoms. The van der Waals surface area contributed by atoms with Gasteiger partial charge in [-0.3, -0.25) is 9.52 Å². The Labute approximate surface area is 182 Å². The summed E-state index contributed by atoms with van der Waals surface area (Å²) in [6.07, 6.45) is -0.0736. The molecule has 8 heteroatoms. The summed E-state index contributed by atoms with van der Waals surface area (Å²) in [5, 5.41) is 2.76. The second-order valence-corrected chi connectivity index (χ2v) is 8.66. The Balaban J connectivity index is 1.73. The number of amides is 1. The monoisotopic (exact) mass is 440 g/mol. The van der Waals surface area contributed by atoms with Crippen LogP contribution >= 0.6 is 0 Å². The Bertz CT molecular complexity index is 1160. The molecule has 0 aliphatic carbocycles. The number of carbonyl (C=O) groups excluding carboxylic acids is 1. The zero-order valence-corrected chi connectivity index (χ0v) is 18.3. The summed E-state index contributed by atoms with van der Waals surface area (Å²) in [4.78, 5) is 12.7. The van der Waals surface area contributed by atoms with Crippen molar-refractivity contribution in [1.82, 2.24) is 0 Å². The molecular formula is C23H24N2O5S. The molecule has 0 radical (unpaired) electrons. The molecule has 0 saturated carbocycles. The number of methoxy groups -OCH3 is 1. The first-order valence-corrected chi connectivity index (χ1v) is 11.1. The molecule has 0 aliphatic rings. The van der Waals surface area contributed by atoms with Gasteiger partial charge in [-0.05, 0) is 62.4 Å². The minimum Gasteiger partial charge on any atom is -0.497 e. The first-order chi connectivity index (χ1) is 14.8. The van der Waals surface area contributed by atoms with Crippen LogP contribution in [0.15, 0.2) is 77.7 Å². The topological polar surface area (TPSA) is 93.7 Å². The number of para-hydroxylation sites is 1. The van der Waals surface area contributed by atoms with Crippen molar-refractivity contribution in [3.63, 3.8) is 0 Å². The molecule has 0 fully saturated rings. The summed E-state index contributed by atoms with van der Waals surface area (Å²) in [7, 11) is -2.29. The molecule has 0 spiro atoms. The lowest BCUT2D eigenvalue weighted by atomic mass is 10.1. The van der Waals surface area contributed by atoms with E-state index >= 15 is 0 Å². The minimum absolute atomic E-state index is 0.0665. The Morgan fingerprint density at radius 2 is 1.61 bits per heavy atom. The molecule has 3 rings (SSSR count). The highest BCUT2D eigenvalue weighted by Gasteiger charge is 2.16. The number of hydrogen-bond acceptors (Lipinski definition) is 5. The summed E-state index contributed by atoms with van der Waals surface area (Å²) in [5.74, 6) is 0.679. The van der Waals surface area contributed by atoms with E-state index in [0.717, 1.165) is 0 Å². The molecular weight excluding hydrogens is 416 g/mol. The molecule has 7 nitrogen and oxygen atoms in total. The number of nitrogens with one attached hydrogen (secondary N) is 2. The van der Waals surface area contributed by atoms with Crippen molar-refractivity contribution in [2.75, 3.05) is 17.1 Å². The largest absolute Gasteiger partial charge is 0.497 e. The quantitative estimate of drug-likeness (QED) is 0.537. The van der Waals surface area contributed by atoms with Crippen LogP contribution < -0.4 is 19.5 Å². The van der Waals surface area contributed by atoms with Crippen LogP contribution in [0.2, 0.25) is 0 Å². The van der Waals surface area contributed by atoms with Gasteiger partial charge < -0.3 is 14.8 Å². The van der Waals surface area contributed by atoms with Crippen LogP contribution in [0.3, 0.4) is 0 Å². The van der Waals surface area contributed by atoms with Gasteiger partial charge in [0, 0.05) is 11.8 Å². The van der Waals surface area contributed by atoms with Crippen LogP contribution in [-0.2, 0) is 10.0 Å². The van der Waals surface area contributed by atoms with E-state index < -0.39 is 10.0 Å². The lowest BCUT2D eigenvalue weighted by Gasteiger charge is -2.14. The van der Waals surface area contributed by atoms with E-state index in [1.54, 1.807) is 48.5 Å². The van der Waals surface area contributed by atoms with Crippen molar-refractivity contribution < 1.29 is 22.7 Å². The molecule has 3 aromatic carbocycles. The highest BCUT2D eigenvalue weighted by atomic mass is 32.2. The fourth-order valence-corrected chi connectivity index (χ4v) is 3.88. The van der Waals surface area contributed by atoms with E-state index in [1.165, 1.54) is 31.4 Å². The molecule has 0 aliphatic heterocycles. The number of carbonyl (C=O) groups is 1. The zero-order valence-electron chi connectivity index (χ0n) is 17.5. The molecule has 1 amide bonds. The molecule has 0 unspecified atom stereocenters. The molecule has 0 saturated heterocycles. The van der Waals surface area contributed by atoms with Crippen molar-refractivity contribution in [1.29, 1.82) is 0 Å². The van der Waals surface area contributed by atoms with Crippen LogP contribution in [-0.4, -0.2) is 27.5 Å². The van der Waals surface area contributed by atoms with Gasteiger partial charge in [-0.2, -0.15) is 0 Å². The Kier molecular flexibility index (Phi) is 6.81. The van der Waals surface area contributed by atoms with Gasteiger partial charge >= 0.3 is 0 Å². The second-order valence-electron chi connectivity index (χ2n) is 6.98. The van der Waals surface area contributed by atoms with Gasteiger partial charge in [-0.1, -0.05) is 18.2 Å². The van der Waals surface area contributed by atoms with Crippen molar-refractivity contribution in [2.45, 2.75) is 24.8 Å². The van der Waals surface area contributed by atoms with E-state index in [4.69, 9.17) is 9.47 Å². The lowest BCUT2D eigenvalue weighted by Crippen LogP contribution is -2.16. The smallest absolute Gasteiger partial charge is 0.261 e. The summed E-state index contributed by atoms with van der Waals surface area (Å²) in [5.41, 5.74) is 1.25. The van der Waals surface area contributed by atoms with Crippen LogP contribution in [0, 0.1) is 0 Å². The summed E-state index contributed by atoms with van der Waals surface area (Å²) >= 11 is 0. The number of benzene rings is 3. The van der Waals surface area contributed by atoms with E-state index in [0.29, 0.717) is 28.4 Å². The van der Waals surface area contributed by atoms with Crippen molar-refractivity contribution >= 4 is 27.3 Å². The average molecular weight is 441 g/mol. The van der Waals surface area contributed by atoms with Gasteiger partial charge in [-0.15, -0.1) is 0 Å². The maximum absolute atomic E-state index is 12.7. The number of rotatable bonds is 8. The van der Waals surface area contributed by atoms with Gasteiger partial charge in [-0.25, -0.2) is 8.42 Å². The lowest BCUT2D eigenvalue weighted by molar-refractivity contribution is 0.102. The zero-order chi connectivity index (χ0) is 22.4. The molecule has 0 heterocycles. The van der Waals surface area contributed by atoms with Gasteiger partial charge in [0.1, 0.15) is 11.5 Å². The Hall–Kier alpha value is -3.52. The minimum atomic E-state index is -3.79. The highest BCUT2D eigenvalue weighted by Crippen LogP contribution is 2.23. The van der Waals surface area contributed by atoms with Gasteiger partial charge in [0.05, 0.1) is 29.4 Å². The van der Waals surface area contributed by atoms with Gasteiger partial charge in [0.15, 0.2) is 0 Å². The van der Waals surface area contributed by atoms with Crippen molar-refractivity contribution in [3.8, 4) is 11.5 Å². The number of ether oxygens (including phenoxy) is 2. The molecule has 0 atom stereocenters. The van der Waals surface area contributed by atoms with E-state index in [9.17, 15) is 13.2 Å². The average Bonchev–Trinajstić information content (AvgIpc) is 2.74. The van der Waals surface area contributed by atoms with Crippen molar-refractivity contribution in [2.24, 2.45) is 0 Å². The third kappa shape index (κ3) is 5.76. The predicted molar refractivity (Wildman–Crippen MR) is 120 cm³/mol. The maximum Gasteiger partial charge on any atom is 0.261 e. The van der Waals surface area contributed by atoms with Gasteiger partial charge in [0.25, 0.3) is 15.9 Å². The van der Waals surface area contributed by atoms with Crippen molar-refractivity contribution in [3.05, 3.63) is 78.4 Å². The van der Waals surface area contributed by atoms with E-state index in [-0.39, 0.29) is 16.9 Å². The van der Waals surface area contributed by atoms with Gasteiger partial charge in [0.2, 0.25) is 0 Å². The third-order valence-corrected chi connectivity index (χ3v) is 5.64. The Morgan fingerprint density at radius 3 is 2.29 bits per heavy atom. The standard InChI is InChI=1S/C23H24N2O5S/c1-16(2)30-22-10-5-4-9-21(22)23(26)24-17-11-13-20(14-12-17)31(27,28)25-18-7-6-8-19(15-18)29-3/h4-16,25H,1-3H3,(H,24,26). The van der Waals surface area contributed by atoms with Crippen LogP contribution in [0.1, 0.15) is 24.2 Å². The number of hydrogen-bond donors (Lipinski definition) is 2. The number of sulfonamides is 1. The van der Waals surface area contributed by atoms with E-state index in [2.05, 4.69) is 10.0 Å². The first-order valence-electron chi connectivity index (χ1n) is 9.62. The van der Waals surface area contributed by atoms with Crippen LogP contribution in [0.25, 0.3) is 0 Å². The fraction of sp³-hybridized carbons (Fsp3) is 0.174. The molecule has 0 bridgehead atoms. The Morgan fingerprint density at radius 1 is 0.903 bits per heavy atom. The molecule has 162 valence electrons. The van der Waals surface area contributed by atoms with Crippen LogP contribution in [0.4, 0.5) is 11.4 Å². The maximum atomic E-state index is 12.7. The summed E-state index contributed by atoms with van der Waals surface area (Å²) in [6, 6.07) is 19.5. The summed E-state index contributed by atoms with van der Waals surface area (Å²) < 4.78 is 38.6. The second kappa shape index (κ2) is 9.53. The first kappa shape index (κ1) is 22.2. The number of anilines is 2. The molecule has 0 aromatic heterocycles. The SMILES string of the molecule is COc1cccc(NS(=O)(=O)c2ccc(NC(=O)c3ccccc3OC(C)C)cc2)c1. The normalized spacial score (nSPS) is 11.1. The predicted octanol–water partition coefficient (Wildman–Crippen LogP) is 4.54. The van der Waals surface area contributed by atoms with Crippen LogP contribution in [0.5, 0.6) is 11.5 Å². The summed E-state index contributed by atoms with van der Waals surface area (Å²) in [6.45, 7) is 3.76. The highest BCUT2D eigenvalue weighted by molar-refractivity contribution is 7.92. The molecule has 2 N–H and O–H groups in total. The van der Waals surface area contributed by atoms with E-state index in [1.807, 2.05) is 13.8 Å². The third-order valence-electron chi connectivity index (χ3n) is 4.24.